The van der Waals surface area contributed by atoms with Gasteiger partial charge in [0.15, 0.2) is 5.78 Å². The summed E-state index contributed by atoms with van der Waals surface area (Å²) in [6.07, 6.45) is -7.21. The first-order valence-corrected chi connectivity index (χ1v) is 11.0. The number of Topliss-reactive ketones (excluding diaryl/α,β-unsaturated/α-hetero) is 1. The van der Waals surface area contributed by atoms with Crippen LogP contribution in [0, 0.1) is 0 Å². The molecule has 0 N–H and O–H groups in total. The first kappa shape index (κ1) is 26.7. The van der Waals surface area contributed by atoms with Gasteiger partial charge in [-0.15, -0.1) is 0 Å². The molecule has 0 amide bonds. The minimum atomic E-state index is -4.80. The van der Waals surface area contributed by atoms with Crippen LogP contribution in [0.1, 0.15) is 42.6 Å². The van der Waals surface area contributed by atoms with Crippen LogP contribution in [0.15, 0.2) is 30.3 Å². The standard InChI is InChI=1S/C23H25F6N3O3/c1-34-12-13-35-20-14-19(30-21(31-20)23(27,28)29)32-11-3-5-17(32)18(33)6-2-4-15-7-9-16(10-8-15)22(24,25)26/h7-10,14,17H,2-6,11-13H2,1H3/t17-/m0/s1. The summed E-state index contributed by atoms with van der Waals surface area (Å²) in [4.78, 5) is 21.5. The Morgan fingerprint density at radius 2 is 1.77 bits per heavy atom. The van der Waals surface area contributed by atoms with Crippen LogP contribution < -0.4 is 9.64 Å². The highest BCUT2D eigenvalue weighted by Crippen LogP contribution is 2.33. The van der Waals surface area contributed by atoms with Crippen LogP contribution in [0.3, 0.4) is 0 Å². The van der Waals surface area contributed by atoms with Gasteiger partial charge in [-0.1, -0.05) is 12.1 Å². The Hall–Kier alpha value is -2.89. The molecule has 0 spiro atoms. The second kappa shape index (κ2) is 11.2. The maximum Gasteiger partial charge on any atom is 0.451 e. The number of nitrogens with zero attached hydrogens (tertiary/aromatic N) is 3. The van der Waals surface area contributed by atoms with Crippen molar-refractivity contribution in [2.75, 3.05) is 31.8 Å². The van der Waals surface area contributed by atoms with Crippen LogP contribution in [0.2, 0.25) is 0 Å². The number of carbonyl (C=O) groups excluding carboxylic acids is 1. The molecule has 1 fully saturated rings. The summed E-state index contributed by atoms with van der Waals surface area (Å²) in [6.45, 7) is 0.502. The predicted molar refractivity (Wildman–Crippen MR) is 114 cm³/mol. The van der Waals surface area contributed by atoms with Gasteiger partial charge in [0.2, 0.25) is 11.7 Å². The number of ketones is 1. The van der Waals surface area contributed by atoms with Gasteiger partial charge in [0, 0.05) is 26.1 Å². The number of halogens is 6. The molecule has 1 saturated heterocycles. The molecule has 12 heteroatoms. The van der Waals surface area contributed by atoms with Crippen molar-refractivity contribution in [2.24, 2.45) is 0 Å². The lowest BCUT2D eigenvalue weighted by Crippen LogP contribution is -2.37. The van der Waals surface area contributed by atoms with Crippen LogP contribution in [-0.2, 0) is 28.3 Å². The first-order chi connectivity index (χ1) is 16.5. The molecular formula is C23H25F6N3O3. The number of anilines is 1. The third-order valence-electron chi connectivity index (χ3n) is 5.57. The fraction of sp³-hybridized carbons (Fsp3) is 0.522. The Balaban J connectivity index is 1.66. The number of rotatable bonds is 10. The highest BCUT2D eigenvalue weighted by molar-refractivity contribution is 5.87. The number of hydrogen-bond donors (Lipinski definition) is 0. The van der Waals surface area contributed by atoms with Gasteiger partial charge in [-0.25, -0.2) is 4.98 Å². The molecule has 0 unspecified atom stereocenters. The molecule has 1 aromatic carbocycles. The molecule has 0 bridgehead atoms. The van der Waals surface area contributed by atoms with E-state index in [1.807, 2.05) is 0 Å². The summed E-state index contributed by atoms with van der Waals surface area (Å²) in [7, 11) is 1.42. The van der Waals surface area contributed by atoms with Crippen molar-refractivity contribution in [2.45, 2.75) is 50.5 Å². The number of carbonyl (C=O) groups is 1. The average molecular weight is 505 g/mol. The fourth-order valence-electron chi connectivity index (χ4n) is 3.86. The zero-order valence-corrected chi connectivity index (χ0v) is 19.0. The van der Waals surface area contributed by atoms with Gasteiger partial charge in [-0.2, -0.15) is 31.3 Å². The third kappa shape index (κ3) is 7.30. The summed E-state index contributed by atoms with van der Waals surface area (Å²) in [5.41, 5.74) is -0.0786. The van der Waals surface area contributed by atoms with Crippen molar-refractivity contribution in [3.05, 3.63) is 47.3 Å². The molecule has 3 rings (SSSR count). The molecule has 192 valence electrons. The Morgan fingerprint density at radius 1 is 1.06 bits per heavy atom. The number of hydrogen-bond acceptors (Lipinski definition) is 6. The normalized spacial score (nSPS) is 16.5. The second-order valence-corrected chi connectivity index (χ2v) is 8.09. The van der Waals surface area contributed by atoms with Gasteiger partial charge in [-0.05, 0) is 43.4 Å². The zero-order chi connectivity index (χ0) is 25.6. The van der Waals surface area contributed by atoms with Gasteiger partial charge in [0.05, 0.1) is 18.2 Å². The summed E-state index contributed by atoms with van der Waals surface area (Å²) in [6, 6.07) is 5.37. The average Bonchev–Trinajstić information content (AvgIpc) is 3.28. The number of methoxy groups -OCH3 is 1. The molecule has 2 heterocycles. The maximum absolute atomic E-state index is 13.3. The monoisotopic (exact) mass is 505 g/mol. The summed E-state index contributed by atoms with van der Waals surface area (Å²) < 4.78 is 88.2. The first-order valence-electron chi connectivity index (χ1n) is 11.0. The minimum absolute atomic E-state index is 0.00341. The second-order valence-electron chi connectivity index (χ2n) is 8.09. The van der Waals surface area contributed by atoms with Crippen molar-refractivity contribution >= 4 is 11.6 Å². The number of ether oxygens (including phenoxy) is 2. The SMILES string of the molecule is COCCOc1cc(N2CCC[C@H]2C(=O)CCCc2ccc(C(F)(F)F)cc2)nc(C(F)(F)F)n1. The topological polar surface area (TPSA) is 64.6 Å². The van der Waals surface area contributed by atoms with E-state index in [1.165, 1.54) is 30.2 Å². The Kier molecular flexibility index (Phi) is 8.57. The van der Waals surface area contributed by atoms with E-state index in [2.05, 4.69) is 9.97 Å². The van der Waals surface area contributed by atoms with Crippen LogP contribution in [0.25, 0.3) is 0 Å². The number of benzene rings is 1. The van der Waals surface area contributed by atoms with E-state index in [4.69, 9.17) is 9.47 Å². The van der Waals surface area contributed by atoms with E-state index >= 15 is 0 Å². The van der Waals surface area contributed by atoms with Crippen LogP contribution in [-0.4, -0.2) is 48.7 Å². The lowest BCUT2D eigenvalue weighted by molar-refractivity contribution is -0.145. The molecule has 0 radical (unpaired) electrons. The third-order valence-corrected chi connectivity index (χ3v) is 5.57. The van der Waals surface area contributed by atoms with Gasteiger partial charge >= 0.3 is 12.4 Å². The Morgan fingerprint density at radius 3 is 2.40 bits per heavy atom. The van der Waals surface area contributed by atoms with Crippen LogP contribution in [0.5, 0.6) is 5.88 Å². The summed E-state index contributed by atoms with van der Waals surface area (Å²) in [5, 5.41) is 0. The highest BCUT2D eigenvalue weighted by atomic mass is 19.4. The van der Waals surface area contributed by atoms with Crippen molar-refractivity contribution in [1.29, 1.82) is 0 Å². The maximum atomic E-state index is 13.3. The Labute approximate surface area is 198 Å². The summed E-state index contributed by atoms with van der Waals surface area (Å²) in [5.74, 6) is -1.83. The largest absolute Gasteiger partial charge is 0.475 e. The molecule has 2 aromatic rings. The fourth-order valence-corrected chi connectivity index (χ4v) is 3.86. The van der Waals surface area contributed by atoms with Crippen molar-refractivity contribution in [3.63, 3.8) is 0 Å². The van der Waals surface area contributed by atoms with E-state index in [0.717, 1.165) is 12.1 Å². The molecular weight excluding hydrogens is 480 g/mol. The highest BCUT2D eigenvalue weighted by Gasteiger charge is 2.38. The lowest BCUT2D eigenvalue weighted by atomic mass is 10.0. The van der Waals surface area contributed by atoms with Crippen molar-refractivity contribution in [1.82, 2.24) is 9.97 Å². The van der Waals surface area contributed by atoms with E-state index in [1.54, 1.807) is 0 Å². The molecule has 1 aliphatic heterocycles. The molecule has 0 saturated carbocycles. The van der Waals surface area contributed by atoms with Crippen LogP contribution >= 0.6 is 0 Å². The number of aromatic nitrogens is 2. The van der Waals surface area contributed by atoms with Gasteiger partial charge in [0.1, 0.15) is 12.4 Å². The molecule has 0 aliphatic carbocycles. The number of aryl methyl sites for hydroxylation is 1. The van der Waals surface area contributed by atoms with Gasteiger partial charge in [-0.3, -0.25) is 4.79 Å². The van der Waals surface area contributed by atoms with E-state index in [-0.39, 0.29) is 37.1 Å². The summed E-state index contributed by atoms with van der Waals surface area (Å²) >= 11 is 0. The zero-order valence-electron chi connectivity index (χ0n) is 19.0. The predicted octanol–water partition coefficient (Wildman–Crippen LogP) is 5.10. The quantitative estimate of drug-likeness (QED) is 0.331. The molecule has 1 aliphatic rings. The molecule has 35 heavy (non-hydrogen) atoms. The molecule has 6 nitrogen and oxygen atoms in total. The van der Waals surface area contributed by atoms with Gasteiger partial charge in [0.25, 0.3) is 0 Å². The van der Waals surface area contributed by atoms with Crippen molar-refractivity contribution in [3.8, 4) is 5.88 Å². The van der Waals surface area contributed by atoms with Crippen LogP contribution in [0.4, 0.5) is 32.2 Å². The number of alkyl halides is 6. The van der Waals surface area contributed by atoms with Gasteiger partial charge < -0.3 is 14.4 Å². The van der Waals surface area contributed by atoms with E-state index in [9.17, 15) is 31.1 Å². The Bertz CT molecular complexity index is 995. The van der Waals surface area contributed by atoms with Crippen molar-refractivity contribution < 1.29 is 40.6 Å². The smallest absolute Gasteiger partial charge is 0.451 e. The molecule has 1 aromatic heterocycles. The van der Waals surface area contributed by atoms with E-state index in [0.29, 0.717) is 37.8 Å². The lowest BCUT2D eigenvalue weighted by Gasteiger charge is -2.25. The van der Waals surface area contributed by atoms with E-state index < -0.39 is 29.8 Å². The molecule has 1 atom stereocenters. The minimum Gasteiger partial charge on any atom is -0.475 e.